The van der Waals surface area contributed by atoms with Crippen LogP contribution in [-0.2, 0) is 4.74 Å². The van der Waals surface area contributed by atoms with E-state index in [1.54, 1.807) is 4.90 Å². The lowest BCUT2D eigenvalue weighted by molar-refractivity contribution is 0.0761. The molecule has 19 heavy (non-hydrogen) atoms. The fourth-order valence-corrected chi connectivity index (χ4v) is 2.58. The van der Waals surface area contributed by atoms with Gasteiger partial charge >= 0.3 is 0 Å². The molecule has 1 fully saturated rings. The van der Waals surface area contributed by atoms with Crippen molar-refractivity contribution in [1.82, 2.24) is 4.90 Å². The van der Waals surface area contributed by atoms with Crippen LogP contribution in [0.3, 0.4) is 0 Å². The van der Waals surface area contributed by atoms with Crippen molar-refractivity contribution in [3.8, 4) is 0 Å². The molecule has 1 aliphatic rings. The molecule has 1 saturated heterocycles. The number of hydrogen-bond acceptors (Lipinski definition) is 3. The zero-order chi connectivity index (χ0) is 13.8. The van der Waals surface area contributed by atoms with E-state index in [4.69, 9.17) is 9.15 Å². The third-order valence-electron chi connectivity index (χ3n) is 3.66. The van der Waals surface area contributed by atoms with E-state index in [1.807, 2.05) is 27.0 Å². The van der Waals surface area contributed by atoms with E-state index in [1.165, 1.54) is 6.42 Å². The van der Waals surface area contributed by atoms with E-state index < -0.39 is 0 Å². The van der Waals surface area contributed by atoms with E-state index in [0.29, 0.717) is 17.4 Å². The Bertz CT molecular complexity index is 433. The average Bonchev–Trinajstić information content (AvgIpc) is 2.98. The Labute approximate surface area is 114 Å². The zero-order valence-corrected chi connectivity index (χ0v) is 12.1. The van der Waals surface area contributed by atoms with E-state index in [9.17, 15) is 4.79 Å². The summed E-state index contributed by atoms with van der Waals surface area (Å²) in [5.74, 6) is 1.53. The maximum atomic E-state index is 12.2. The van der Waals surface area contributed by atoms with Gasteiger partial charge in [-0.25, -0.2) is 0 Å². The molecule has 1 aromatic heterocycles. The molecule has 1 atom stereocenters. The van der Waals surface area contributed by atoms with Gasteiger partial charge in [-0.15, -0.1) is 0 Å². The van der Waals surface area contributed by atoms with Gasteiger partial charge in [-0.05, 0) is 45.6 Å². The van der Waals surface area contributed by atoms with Gasteiger partial charge in [0.15, 0.2) is 0 Å². The van der Waals surface area contributed by atoms with Crippen LogP contribution in [0.15, 0.2) is 10.5 Å². The van der Waals surface area contributed by atoms with Crippen LogP contribution in [-0.4, -0.2) is 37.1 Å². The monoisotopic (exact) mass is 265 g/mol. The molecule has 0 N–H and O–H groups in total. The number of ether oxygens (including phenoxy) is 1. The first-order valence-corrected chi connectivity index (χ1v) is 7.02. The summed E-state index contributed by atoms with van der Waals surface area (Å²) in [6.45, 7) is 5.36. The molecule has 0 aromatic carbocycles. The molecular weight excluding hydrogens is 242 g/mol. The molecule has 106 valence electrons. The Morgan fingerprint density at radius 3 is 2.84 bits per heavy atom. The van der Waals surface area contributed by atoms with Gasteiger partial charge in [0.2, 0.25) is 0 Å². The minimum absolute atomic E-state index is 0.0432. The molecule has 0 aliphatic carbocycles. The summed E-state index contributed by atoms with van der Waals surface area (Å²) in [6, 6.07) is 1.81. The fraction of sp³-hybridized carbons (Fsp3) is 0.667. The Morgan fingerprint density at radius 2 is 2.26 bits per heavy atom. The lowest BCUT2D eigenvalue weighted by atomic mass is 10.1. The van der Waals surface area contributed by atoms with Crippen molar-refractivity contribution in [1.29, 1.82) is 0 Å². The summed E-state index contributed by atoms with van der Waals surface area (Å²) in [5.41, 5.74) is 0.678. The molecule has 1 amide bonds. The van der Waals surface area contributed by atoms with Crippen LogP contribution < -0.4 is 0 Å². The summed E-state index contributed by atoms with van der Waals surface area (Å²) in [4.78, 5) is 14.0. The SMILES string of the molecule is Cc1cc(C(=O)N(C)CCC[C@H]2CCCO2)c(C)o1. The van der Waals surface area contributed by atoms with Crippen LogP contribution in [0, 0.1) is 13.8 Å². The van der Waals surface area contributed by atoms with Crippen molar-refractivity contribution >= 4 is 5.91 Å². The van der Waals surface area contributed by atoms with Crippen LogP contribution in [0.5, 0.6) is 0 Å². The van der Waals surface area contributed by atoms with Gasteiger partial charge in [0.25, 0.3) is 5.91 Å². The second kappa shape index (κ2) is 6.24. The highest BCUT2D eigenvalue weighted by Gasteiger charge is 2.19. The molecule has 4 heteroatoms. The first kappa shape index (κ1) is 14.1. The second-order valence-electron chi connectivity index (χ2n) is 5.33. The van der Waals surface area contributed by atoms with Crippen molar-refractivity contribution in [2.45, 2.75) is 45.6 Å². The first-order chi connectivity index (χ1) is 9.08. The molecule has 0 saturated carbocycles. The molecule has 0 spiro atoms. The third kappa shape index (κ3) is 3.60. The van der Waals surface area contributed by atoms with Crippen molar-refractivity contribution in [3.63, 3.8) is 0 Å². The molecule has 2 rings (SSSR count). The highest BCUT2D eigenvalue weighted by molar-refractivity contribution is 5.95. The van der Waals surface area contributed by atoms with E-state index in [-0.39, 0.29) is 5.91 Å². The standard InChI is InChI=1S/C15H23NO3/c1-11-10-14(12(2)19-11)15(17)16(3)8-4-6-13-7-5-9-18-13/h10,13H,4-9H2,1-3H3/t13-/m0/s1. The summed E-state index contributed by atoms with van der Waals surface area (Å²) in [5, 5.41) is 0. The normalized spacial score (nSPS) is 18.8. The van der Waals surface area contributed by atoms with Crippen molar-refractivity contribution < 1.29 is 13.9 Å². The Kier molecular flexibility index (Phi) is 4.64. The number of nitrogens with zero attached hydrogens (tertiary/aromatic N) is 1. The van der Waals surface area contributed by atoms with Crippen molar-refractivity contribution in [3.05, 3.63) is 23.2 Å². The van der Waals surface area contributed by atoms with E-state index in [2.05, 4.69) is 0 Å². The van der Waals surface area contributed by atoms with Gasteiger partial charge in [0.1, 0.15) is 11.5 Å². The van der Waals surface area contributed by atoms with Crippen molar-refractivity contribution in [2.24, 2.45) is 0 Å². The molecule has 0 radical (unpaired) electrons. The maximum absolute atomic E-state index is 12.2. The van der Waals surface area contributed by atoms with Gasteiger partial charge in [-0.1, -0.05) is 0 Å². The highest BCUT2D eigenvalue weighted by atomic mass is 16.5. The summed E-state index contributed by atoms with van der Waals surface area (Å²) in [7, 11) is 1.85. The molecular formula is C15H23NO3. The number of amides is 1. The number of furan rings is 1. The van der Waals surface area contributed by atoms with Gasteiger partial charge in [-0.2, -0.15) is 0 Å². The van der Waals surface area contributed by atoms with Gasteiger partial charge in [0.05, 0.1) is 11.7 Å². The lowest BCUT2D eigenvalue weighted by Gasteiger charge is -2.17. The van der Waals surface area contributed by atoms with Gasteiger partial charge in [0, 0.05) is 20.2 Å². The number of hydrogen-bond donors (Lipinski definition) is 0. The topological polar surface area (TPSA) is 42.7 Å². The highest BCUT2D eigenvalue weighted by Crippen LogP contribution is 2.18. The Hall–Kier alpha value is -1.29. The maximum Gasteiger partial charge on any atom is 0.257 e. The fourth-order valence-electron chi connectivity index (χ4n) is 2.58. The minimum atomic E-state index is 0.0432. The van der Waals surface area contributed by atoms with Gasteiger partial charge in [-0.3, -0.25) is 4.79 Å². The van der Waals surface area contributed by atoms with E-state index >= 15 is 0 Å². The molecule has 1 aromatic rings. The lowest BCUT2D eigenvalue weighted by Crippen LogP contribution is -2.28. The molecule has 0 unspecified atom stereocenters. The number of carbonyl (C=O) groups excluding carboxylic acids is 1. The van der Waals surface area contributed by atoms with Crippen LogP contribution in [0.4, 0.5) is 0 Å². The number of rotatable bonds is 5. The molecule has 1 aliphatic heterocycles. The van der Waals surface area contributed by atoms with Gasteiger partial charge < -0.3 is 14.1 Å². The summed E-state index contributed by atoms with van der Waals surface area (Å²) >= 11 is 0. The van der Waals surface area contributed by atoms with Crippen molar-refractivity contribution in [2.75, 3.05) is 20.2 Å². The number of carbonyl (C=O) groups is 1. The van der Waals surface area contributed by atoms with Crippen LogP contribution in [0.2, 0.25) is 0 Å². The quantitative estimate of drug-likeness (QED) is 0.822. The predicted octanol–water partition coefficient (Wildman–Crippen LogP) is 2.93. The van der Waals surface area contributed by atoms with E-state index in [0.717, 1.165) is 38.2 Å². The Morgan fingerprint density at radius 1 is 1.47 bits per heavy atom. The van der Waals surface area contributed by atoms with Crippen LogP contribution in [0.1, 0.15) is 47.6 Å². The summed E-state index contributed by atoms with van der Waals surface area (Å²) in [6.07, 6.45) is 4.77. The zero-order valence-electron chi connectivity index (χ0n) is 12.1. The predicted molar refractivity (Wildman–Crippen MR) is 73.4 cm³/mol. The number of aryl methyl sites for hydroxylation is 2. The minimum Gasteiger partial charge on any atom is -0.466 e. The third-order valence-corrected chi connectivity index (χ3v) is 3.66. The Balaban J connectivity index is 1.80. The van der Waals surface area contributed by atoms with Crippen LogP contribution >= 0.6 is 0 Å². The smallest absolute Gasteiger partial charge is 0.257 e. The summed E-state index contributed by atoms with van der Waals surface area (Å²) < 4.78 is 11.0. The largest absolute Gasteiger partial charge is 0.466 e. The average molecular weight is 265 g/mol. The molecule has 0 bridgehead atoms. The molecule has 4 nitrogen and oxygen atoms in total. The second-order valence-corrected chi connectivity index (χ2v) is 5.33. The molecule has 2 heterocycles. The van der Waals surface area contributed by atoms with Crippen LogP contribution in [0.25, 0.3) is 0 Å². The first-order valence-electron chi connectivity index (χ1n) is 7.02.